The standard InChI is InChI=1S/C11H11F2NO2/c1-7(11(15)16)5-14-6-8-2-3-9(12)4-10(8)13/h2-4,14H,1,5-6H2,(H,15,16). The topological polar surface area (TPSA) is 49.3 Å². The summed E-state index contributed by atoms with van der Waals surface area (Å²) in [5.41, 5.74) is 0.266. The van der Waals surface area contributed by atoms with E-state index in [4.69, 9.17) is 5.11 Å². The van der Waals surface area contributed by atoms with E-state index < -0.39 is 17.6 Å². The highest BCUT2D eigenvalue weighted by Gasteiger charge is 2.05. The molecule has 0 saturated carbocycles. The Bertz CT molecular complexity index is 418. The van der Waals surface area contributed by atoms with Gasteiger partial charge in [-0.1, -0.05) is 12.6 Å². The summed E-state index contributed by atoms with van der Waals surface area (Å²) in [5, 5.41) is 11.2. The number of benzene rings is 1. The monoisotopic (exact) mass is 227 g/mol. The molecule has 0 saturated heterocycles. The van der Waals surface area contributed by atoms with Gasteiger partial charge in [0, 0.05) is 30.3 Å². The van der Waals surface area contributed by atoms with Crippen LogP contribution >= 0.6 is 0 Å². The summed E-state index contributed by atoms with van der Waals surface area (Å²) in [6.07, 6.45) is 0. The van der Waals surface area contributed by atoms with Crippen LogP contribution in [0.5, 0.6) is 0 Å². The van der Waals surface area contributed by atoms with Gasteiger partial charge in [-0.15, -0.1) is 0 Å². The molecule has 0 spiro atoms. The molecule has 2 N–H and O–H groups in total. The third-order valence-electron chi connectivity index (χ3n) is 1.97. The predicted octanol–water partition coefficient (Wildman–Crippen LogP) is 1.70. The first-order chi connectivity index (χ1) is 7.50. The highest BCUT2D eigenvalue weighted by molar-refractivity contribution is 5.86. The van der Waals surface area contributed by atoms with Gasteiger partial charge in [-0.25, -0.2) is 13.6 Å². The lowest BCUT2D eigenvalue weighted by Crippen LogP contribution is -2.20. The number of rotatable bonds is 5. The number of carboxylic acid groups (broad SMARTS) is 1. The second kappa shape index (κ2) is 5.37. The van der Waals surface area contributed by atoms with E-state index in [1.54, 1.807) is 0 Å². The maximum Gasteiger partial charge on any atom is 0.332 e. The lowest BCUT2D eigenvalue weighted by Gasteiger charge is -2.05. The van der Waals surface area contributed by atoms with Crippen molar-refractivity contribution in [2.75, 3.05) is 6.54 Å². The molecular formula is C11H11F2NO2. The molecule has 3 nitrogen and oxygen atoms in total. The molecule has 0 aliphatic heterocycles. The maximum atomic E-state index is 13.1. The van der Waals surface area contributed by atoms with E-state index in [1.807, 2.05) is 0 Å². The van der Waals surface area contributed by atoms with Crippen LogP contribution in [0.3, 0.4) is 0 Å². The van der Waals surface area contributed by atoms with E-state index in [9.17, 15) is 13.6 Å². The molecule has 0 bridgehead atoms. The molecule has 0 aromatic heterocycles. The Kier molecular flexibility index (Phi) is 4.13. The molecule has 86 valence electrons. The molecule has 1 aromatic rings. The summed E-state index contributed by atoms with van der Waals surface area (Å²) in [5.74, 6) is -2.41. The van der Waals surface area contributed by atoms with Crippen molar-refractivity contribution in [3.8, 4) is 0 Å². The van der Waals surface area contributed by atoms with Gasteiger partial charge < -0.3 is 10.4 Å². The molecule has 0 aliphatic carbocycles. The van der Waals surface area contributed by atoms with Crippen molar-refractivity contribution in [1.29, 1.82) is 0 Å². The number of nitrogens with one attached hydrogen (secondary N) is 1. The molecule has 0 heterocycles. The maximum absolute atomic E-state index is 13.1. The minimum atomic E-state index is -1.10. The molecule has 1 rings (SSSR count). The Morgan fingerprint density at radius 3 is 2.69 bits per heavy atom. The lowest BCUT2D eigenvalue weighted by molar-refractivity contribution is -0.132. The van der Waals surface area contributed by atoms with Gasteiger partial charge in [0.1, 0.15) is 11.6 Å². The zero-order valence-corrected chi connectivity index (χ0v) is 8.46. The number of hydrogen-bond acceptors (Lipinski definition) is 2. The summed E-state index contributed by atoms with van der Waals surface area (Å²) in [6, 6.07) is 3.23. The summed E-state index contributed by atoms with van der Waals surface area (Å²) in [6.45, 7) is 3.48. The van der Waals surface area contributed by atoms with Crippen molar-refractivity contribution in [1.82, 2.24) is 5.32 Å². The SMILES string of the molecule is C=C(CNCc1ccc(F)cc1F)C(=O)O. The van der Waals surface area contributed by atoms with Crippen molar-refractivity contribution < 1.29 is 18.7 Å². The zero-order valence-electron chi connectivity index (χ0n) is 8.46. The van der Waals surface area contributed by atoms with Crippen molar-refractivity contribution in [2.45, 2.75) is 6.54 Å². The van der Waals surface area contributed by atoms with Gasteiger partial charge >= 0.3 is 5.97 Å². The fourth-order valence-electron chi connectivity index (χ4n) is 1.09. The number of aliphatic carboxylic acids is 1. The molecule has 5 heteroatoms. The summed E-state index contributed by atoms with van der Waals surface area (Å²) in [4.78, 5) is 10.4. The Hall–Kier alpha value is -1.75. The van der Waals surface area contributed by atoms with Gasteiger partial charge in [0.2, 0.25) is 0 Å². The quantitative estimate of drug-likeness (QED) is 0.752. The van der Waals surface area contributed by atoms with E-state index >= 15 is 0 Å². The normalized spacial score (nSPS) is 10.1. The van der Waals surface area contributed by atoms with Crippen LogP contribution in [0.25, 0.3) is 0 Å². The third kappa shape index (κ3) is 3.43. The number of halogens is 2. The smallest absolute Gasteiger partial charge is 0.332 e. The van der Waals surface area contributed by atoms with Gasteiger partial charge in [0.25, 0.3) is 0 Å². The fraction of sp³-hybridized carbons (Fsp3) is 0.182. The van der Waals surface area contributed by atoms with Crippen molar-refractivity contribution in [2.24, 2.45) is 0 Å². The molecular weight excluding hydrogens is 216 g/mol. The van der Waals surface area contributed by atoms with E-state index in [1.165, 1.54) is 6.07 Å². The molecule has 1 aromatic carbocycles. The molecule has 0 aliphatic rings. The van der Waals surface area contributed by atoms with Crippen molar-refractivity contribution in [3.63, 3.8) is 0 Å². The van der Waals surface area contributed by atoms with Crippen molar-refractivity contribution >= 4 is 5.97 Å². The molecule has 0 radical (unpaired) electrons. The summed E-state index contributed by atoms with van der Waals surface area (Å²) >= 11 is 0. The van der Waals surface area contributed by atoms with Gasteiger partial charge in [0.15, 0.2) is 0 Å². The van der Waals surface area contributed by atoms with Gasteiger partial charge in [-0.3, -0.25) is 0 Å². The molecule has 0 atom stereocenters. The van der Waals surface area contributed by atoms with Crippen molar-refractivity contribution in [3.05, 3.63) is 47.5 Å². The van der Waals surface area contributed by atoms with Crippen LogP contribution in [0.15, 0.2) is 30.4 Å². The average molecular weight is 227 g/mol. The van der Waals surface area contributed by atoms with Crippen LogP contribution in [0.1, 0.15) is 5.56 Å². The van der Waals surface area contributed by atoms with E-state index in [2.05, 4.69) is 11.9 Å². The van der Waals surface area contributed by atoms with Crippen LogP contribution in [-0.2, 0) is 11.3 Å². The Morgan fingerprint density at radius 2 is 2.12 bits per heavy atom. The Morgan fingerprint density at radius 1 is 1.44 bits per heavy atom. The molecule has 0 amide bonds. The van der Waals surface area contributed by atoms with Crippen LogP contribution in [0.4, 0.5) is 8.78 Å². The van der Waals surface area contributed by atoms with E-state index in [0.29, 0.717) is 0 Å². The Labute approximate surface area is 91.4 Å². The van der Waals surface area contributed by atoms with Crippen LogP contribution in [0, 0.1) is 11.6 Å². The minimum absolute atomic E-state index is 0.0116. The van der Waals surface area contributed by atoms with Crippen LogP contribution in [0.2, 0.25) is 0 Å². The van der Waals surface area contributed by atoms with Crippen LogP contribution in [-0.4, -0.2) is 17.6 Å². The second-order valence-electron chi connectivity index (χ2n) is 3.25. The van der Waals surface area contributed by atoms with Crippen LogP contribution < -0.4 is 5.32 Å². The number of carboxylic acids is 1. The number of hydrogen-bond donors (Lipinski definition) is 2. The van der Waals surface area contributed by atoms with Gasteiger partial charge in [-0.2, -0.15) is 0 Å². The minimum Gasteiger partial charge on any atom is -0.478 e. The second-order valence-corrected chi connectivity index (χ2v) is 3.25. The van der Waals surface area contributed by atoms with E-state index in [-0.39, 0.29) is 24.2 Å². The first kappa shape index (κ1) is 12.3. The van der Waals surface area contributed by atoms with E-state index in [0.717, 1.165) is 12.1 Å². The average Bonchev–Trinajstić information content (AvgIpc) is 2.20. The predicted molar refractivity (Wildman–Crippen MR) is 54.8 cm³/mol. The van der Waals surface area contributed by atoms with Gasteiger partial charge in [-0.05, 0) is 6.07 Å². The highest BCUT2D eigenvalue weighted by atomic mass is 19.1. The molecule has 0 unspecified atom stereocenters. The Balaban J connectivity index is 2.49. The summed E-state index contributed by atoms with van der Waals surface area (Å²) in [7, 11) is 0. The third-order valence-corrected chi connectivity index (χ3v) is 1.97. The molecule has 0 fully saturated rings. The largest absolute Gasteiger partial charge is 0.478 e. The first-order valence-electron chi connectivity index (χ1n) is 4.56. The zero-order chi connectivity index (χ0) is 12.1. The first-order valence-corrected chi connectivity index (χ1v) is 4.56. The lowest BCUT2D eigenvalue weighted by atomic mass is 10.2. The number of carbonyl (C=O) groups is 1. The highest BCUT2D eigenvalue weighted by Crippen LogP contribution is 2.08. The van der Waals surface area contributed by atoms with Gasteiger partial charge in [0.05, 0.1) is 0 Å². The fourth-order valence-corrected chi connectivity index (χ4v) is 1.09. The molecule has 16 heavy (non-hydrogen) atoms. The summed E-state index contributed by atoms with van der Waals surface area (Å²) < 4.78 is 25.7.